The number of aryl methyl sites for hydroxylation is 1. The predicted octanol–water partition coefficient (Wildman–Crippen LogP) is 2.42. The van der Waals surface area contributed by atoms with Crippen molar-refractivity contribution in [3.63, 3.8) is 0 Å². The molecular weight excluding hydrogens is 456 g/mol. The minimum absolute atomic E-state index is 0.0533. The van der Waals surface area contributed by atoms with Crippen LogP contribution in [0.2, 0.25) is 0 Å². The van der Waals surface area contributed by atoms with Gasteiger partial charge in [0, 0.05) is 25.6 Å². The van der Waals surface area contributed by atoms with Gasteiger partial charge in [0.05, 0.1) is 22.2 Å². The fourth-order valence-corrected chi connectivity index (χ4v) is 5.14. The molecule has 2 unspecified atom stereocenters. The molecule has 4 rings (SSSR count). The van der Waals surface area contributed by atoms with Gasteiger partial charge in [0.2, 0.25) is 11.8 Å². The first-order valence-corrected chi connectivity index (χ1v) is 12.1. The van der Waals surface area contributed by atoms with Crippen molar-refractivity contribution in [1.29, 1.82) is 0 Å². The topological polar surface area (TPSA) is 129 Å². The molecule has 1 fully saturated rings. The molecule has 1 aliphatic rings. The maximum atomic E-state index is 13.4. The maximum absolute atomic E-state index is 13.4. The molecule has 0 saturated carbocycles. The number of hydrogen-bond acceptors (Lipinski definition) is 7. The van der Waals surface area contributed by atoms with Crippen LogP contribution < -0.4 is 10.9 Å². The van der Waals surface area contributed by atoms with Gasteiger partial charge in [-0.15, -0.1) is 11.3 Å². The summed E-state index contributed by atoms with van der Waals surface area (Å²) in [6, 6.07) is 8.34. The second-order valence-electron chi connectivity index (χ2n) is 8.91. The van der Waals surface area contributed by atoms with E-state index in [1.807, 2.05) is 50.5 Å². The molecule has 1 aromatic carbocycles. The molecule has 2 aromatic heterocycles. The van der Waals surface area contributed by atoms with E-state index in [9.17, 15) is 19.5 Å². The lowest BCUT2D eigenvalue weighted by Gasteiger charge is -2.28. The molecule has 3 N–H and O–H groups in total. The molecule has 2 amide bonds. The van der Waals surface area contributed by atoms with Crippen molar-refractivity contribution >= 4 is 23.2 Å². The number of amides is 2. The predicted molar refractivity (Wildman–Crippen MR) is 127 cm³/mol. The van der Waals surface area contributed by atoms with Crippen LogP contribution in [0.25, 0.3) is 10.4 Å². The third kappa shape index (κ3) is 4.97. The number of likely N-dealkylation sites (tertiary alicyclic amines) is 1. The van der Waals surface area contributed by atoms with E-state index in [0.717, 1.165) is 21.7 Å². The van der Waals surface area contributed by atoms with E-state index < -0.39 is 23.6 Å². The number of aromatic nitrogens is 2. The summed E-state index contributed by atoms with van der Waals surface area (Å²) >= 11 is 1.58. The normalized spacial score (nSPS) is 18.9. The average Bonchev–Trinajstić information content (AvgIpc) is 3.52. The zero-order valence-electron chi connectivity index (χ0n) is 19.3. The van der Waals surface area contributed by atoms with Crippen molar-refractivity contribution in [2.24, 2.45) is 5.92 Å². The Balaban J connectivity index is 1.44. The largest absolute Gasteiger partial charge is 0.391 e. The highest BCUT2D eigenvalue weighted by Crippen LogP contribution is 2.30. The zero-order chi connectivity index (χ0) is 24.4. The number of aliphatic hydroxyl groups excluding tert-OH is 1. The smallest absolute Gasteiger partial charge is 0.280 e. The minimum Gasteiger partial charge on any atom is -0.391 e. The Kier molecular flexibility index (Phi) is 6.99. The van der Waals surface area contributed by atoms with Gasteiger partial charge < -0.3 is 19.8 Å². The molecular formula is C24H28N4O5S. The number of nitrogens with one attached hydrogen (secondary N) is 2. The van der Waals surface area contributed by atoms with Gasteiger partial charge in [0.15, 0.2) is 5.76 Å². The van der Waals surface area contributed by atoms with Crippen molar-refractivity contribution in [2.45, 2.75) is 51.8 Å². The van der Waals surface area contributed by atoms with Gasteiger partial charge in [-0.1, -0.05) is 38.1 Å². The molecule has 0 radical (unpaired) electrons. The Bertz CT molecular complexity index is 1210. The number of aliphatic hydroxyl groups is 1. The molecule has 3 heterocycles. The van der Waals surface area contributed by atoms with E-state index in [4.69, 9.17) is 4.52 Å². The quantitative estimate of drug-likeness (QED) is 0.472. The first-order chi connectivity index (χ1) is 16.2. The number of β-amino-alcohol motifs (C(OH)–C–C–N with tert-alkyl or cyclic N) is 1. The van der Waals surface area contributed by atoms with Gasteiger partial charge in [-0.3, -0.25) is 14.4 Å². The van der Waals surface area contributed by atoms with Gasteiger partial charge in [0.25, 0.3) is 5.56 Å². The molecule has 180 valence electrons. The van der Waals surface area contributed by atoms with E-state index in [-0.39, 0.29) is 36.5 Å². The summed E-state index contributed by atoms with van der Waals surface area (Å²) in [5, 5.41) is 15.3. The second-order valence-corrected chi connectivity index (χ2v) is 9.77. The summed E-state index contributed by atoms with van der Waals surface area (Å²) in [7, 11) is 0. The molecule has 0 bridgehead atoms. The Morgan fingerprint density at radius 3 is 2.65 bits per heavy atom. The highest BCUT2D eigenvalue weighted by molar-refractivity contribution is 7.13. The van der Waals surface area contributed by atoms with Gasteiger partial charge in [-0.25, -0.2) is 4.98 Å². The van der Waals surface area contributed by atoms with Crippen LogP contribution in [-0.4, -0.2) is 50.7 Å². The van der Waals surface area contributed by atoms with Crippen molar-refractivity contribution in [3.05, 3.63) is 63.2 Å². The number of hydrogen-bond donors (Lipinski definition) is 3. The molecule has 0 aliphatic carbocycles. The van der Waals surface area contributed by atoms with Crippen molar-refractivity contribution in [2.75, 3.05) is 6.54 Å². The maximum Gasteiger partial charge on any atom is 0.280 e. The molecule has 0 spiro atoms. The number of benzene rings is 1. The van der Waals surface area contributed by atoms with E-state index in [0.29, 0.717) is 6.54 Å². The summed E-state index contributed by atoms with van der Waals surface area (Å²) in [5.74, 6) is -1.36. The van der Waals surface area contributed by atoms with Gasteiger partial charge in [-0.2, -0.15) is 5.16 Å². The Labute approximate surface area is 200 Å². The van der Waals surface area contributed by atoms with Gasteiger partial charge in [-0.05, 0) is 24.0 Å². The molecule has 1 aliphatic heterocycles. The number of thiazole rings is 1. The van der Waals surface area contributed by atoms with E-state index in [1.54, 1.807) is 11.3 Å². The van der Waals surface area contributed by atoms with Crippen LogP contribution in [0, 0.1) is 12.8 Å². The summed E-state index contributed by atoms with van der Waals surface area (Å²) in [5.41, 5.74) is 4.36. The molecule has 3 atom stereocenters. The number of aromatic amines is 1. The number of carbonyl (C=O) groups excluding carboxylic acids is 2. The highest BCUT2D eigenvalue weighted by Gasteiger charge is 2.43. The lowest BCUT2D eigenvalue weighted by atomic mass is 9.91. The van der Waals surface area contributed by atoms with Gasteiger partial charge in [0.1, 0.15) is 12.0 Å². The first kappa shape index (κ1) is 23.9. The third-order valence-electron chi connectivity index (χ3n) is 6.08. The van der Waals surface area contributed by atoms with Crippen LogP contribution in [0.3, 0.4) is 0 Å². The lowest BCUT2D eigenvalue weighted by molar-refractivity contribution is -0.141. The highest BCUT2D eigenvalue weighted by atomic mass is 32.1. The van der Waals surface area contributed by atoms with E-state index in [2.05, 4.69) is 15.5 Å². The fraction of sp³-hybridized carbons (Fsp3) is 0.417. The standard InChI is InChI=1S/C24H28N4O5S/c1-13(2)21(19-9-20(30)27-33-19)24(32)28-11-17(29)8-18(28)23(31)25-10-15-4-6-16(7-5-15)22-14(3)26-12-34-22/h4-7,9,12-13,17-18,21,29H,8,10-11H2,1-3H3,(H,25,31)(H,27,30)/t17?,18-,21?/m0/s1. The third-order valence-corrected chi connectivity index (χ3v) is 7.05. The number of H-pyrrole nitrogens is 1. The zero-order valence-corrected chi connectivity index (χ0v) is 20.1. The monoisotopic (exact) mass is 484 g/mol. The van der Waals surface area contributed by atoms with Crippen molar-refractivity contribution < 1.29 is 19.2 Å². The molecule has 3 aromatic rings. The van der Waals surface area contributed by atoms with E-state index in [1.165, 1.54) is 11.0 Å². The first-order valence-electron chi connectivity index (χ1n) is 11.2. The Hall–Kier alpha value is -3.24. The van der Waals surface area contributed by atoms with Gasteiger partial charge >= 0.3 is 0 Å². The molecule has 10 heteroatoms. The van der Waals surface area contributed by atoms with E-state index >= 15 is 0 Å². The molecule has 1 saturated heterocycles. The number of rotatable bonds is 7. The fourth-order valence-electron chi connectivity index (χ4n) is 4.33. The number of carbonyl (C=O) groups is 2. The van der Waals surface area contributed by atoms with Crippen LogP contribution in [0.15, 0.2) is 45.2 Å². The Morgan fingerprint density at radius 2 is 2.06 bits per heavy atom. The van der Waals surface area contributed by atoms with Crippen LogP contribution in [-0.2, 0) is 16.1 Å². The minimum atomic E-state index is -0.798. The number of nitrogens with zero attached hydrogens (tertiary/aromatic N) is 2. The average molecular weight is 485 g/mol. The summed E-state index contributed by atoms with van der Waals surface area (Å²) < 4.78 is 5.19. The lowest BCUT2D eigenvalue weighted by Crippen LogP contribution is -2.48. The van der Waals surface area contributed by atoms with Crippen LogP contribution >= 0.6 is 11.3 Å². The molecule has 9 nitrogen and oxygen atoms in total. The van der Waals surface area contributed by atoms with Crippen molar-refractivity contribution in [1.82, 2.24) is 20.4 Å². The summed E-state index contributed by atoms with van der Waals surface area (Å²) in [4.78, 5) is 44.7. The summed E-state index contributed by atoms with van der Waals surface area (Å²) in [6.45, 7) is 6.01. The van der Waals surface area contributed by atoms with Crippen molar-refractivity contribution in [3.8, 4) is 10.4 Å². The SMILES string of the molecule is Cc1ncsc1-c1ccc(CNC(=O)[C@@H]2CC(O)CN2C(=O)C(c2cc(=O)[nH]o2)C(C)C)cc1. The summed E-state index contributed by atoms with van der Waals surface area (Å²) in [6.07, 6.45) is -0.643. The van der Waals surface area contributed by atoms with Crippen LogP contribution in [0.1, 0.15) is 43.2 Å². The van der Waals surface area contributed by atoms with Crippen LogP contribution in [0.4, 0.5) is 0 Å². The molecule has 34 heavy (non-hydrogen) atoms. The van der Waals surface area contributed by atoms with Crippen LogP contribution in [0.5, 0.6) is 0 Å². The second kappa shape index (κ2) is 9.94. The Morgan fingerprint density at radius 1 is 1.32 bits per heavy atom.